The first kappa shape index (κ1) is 30.7. The monoisotopic (exact) mass is 455 g/mol. The van der Waals surface area contributed by atoms with Crippen LogP contribution in [-0.4, -0.2) is 31.3 Å². The molecule has 0 radical (unpaired) electrons. The van der Waals surface area contributed by atoms with Gasteiger partial charge in [-0.15, -0.1) is 0 Å². The number of unbranched alkanes of at least 4 members (excludes halogenated alkanes) is 12. The van der Waals surface area contributed by atoms with Crippen LogP contribution in [0.25, 0.3) is 0 Å². The summed E-state index contributed by atoms with van der Waals surface area (Å²) in [6.45, 7) is 14.7. The van der Waals surface area contributed by atoms with E-state index in [0.717, 1.165) is 12.8 Å². The van der Waals surface area contributed by atoms with Gasteiger partial charge >= 0.3 is 12.1 Å². The highest BCUT2D eigenvalue weighted by molar-refractivity contribution is 5.82. The predicted molar refractivity (Wildman–Crippen MR) is 134 cm³/mol. The fourth-order valence-corrected chi connectivity index (χ4v) is 3.45. The van der Waals surface area contributed by atoms with Gasteiger partial charge in [-0.2, -0.15) is 0 Å². The van der Waals surface area contributed by atoms with E-state index in [2.05, 4.69) is 12.2 Å². The van der Waals surface area contributed by atoms with Crippen LogP contribution in [-0.2, 0) is 14.3 Å². The quantitative estimate of drug-likeness (QED) is 0.179. The van der Waals surface area contributed by atoms with Crippen molar-refractivity contribution in [2.75, 3.05) is 13.2 Å². The Kier molecular flexibility index (Phi) is 16.6. The molecule has 0 aliphatic rings. The Balaban J connectivity index is 3.90. The van der Waals surface area contributed by atoms with Crippen LogP contribution in [0, 0.1) is 10.8 Å². The van der Waals surface area contributed by atoms with Crippen LogP contribution >= 0.6 is 0 Å². The third kappa shape index (κ3) is 18.3. The summed E-state index contributed by atoms with van der Waals surface area (Å²) in [5.41, 5.74) is -0.572. The number of amides is 1. The van der Waals surface area contributed by atoms with E-state index in [4.69, 9.17) is 9.47 Å². The number of hydrogen-bond acceptors (Lipinski definition) is 4. The summed E-state index contributed by atoms with van der Waals surface area (Å²) in [4.78, 5) is 24.7. The molecule has 0 bridgehead atoms. The molecular formula is C27H53NO4. The van der Waals surface area contributed by atoms with E-state index in [1.54, 1.807) is 0 Å². The van der Waals surface area contributed by atoms with Gasteiger partial charge in [0.2, 0.25) is 0 Å². The van der Waals surface area contributed by atoms with Gasteiger partial charge in [0.15, 0.2) is 0 Å². The van der Waals surface area contributed by atoms with Gasteiger partial charge in [-0.05, 0) is 17.3 Å². The normalized spacial score (nSPS) is 13.0. The van der Waals surface area contributed by atoms with Crippen LogP contribution in [0.5, 0.6) is 0 Å². The zero-order valence-corrected chi connectivity index (χ0v) is 22.3. The van der Waals surface area contributed by atoms with Crippen LogP contribution in [0.3, 0.4) is 0 Å². The van der Waals surface area contributed by atoms with Crippen molar-refractivity contribution in [3.05, 3.63) is 0 Å². The molecule has 0 saturated heterocycles. The molecule has 1 unspecified atom stereocenters. The average Bonchev–Trinajstić information content (AvgIpc) is 2.69. The van der Waals surface area contributed by atoms with Crippen molar-refractivity contribution in [2.45, 2.75) is 138 Å². The summed E-state index contributed by atoms with van der Waals surface area (Å²) in [5, 5.41) is 2.69. The molecule has 5 heteroatoms. The first-order chi connectivity index (χ1) is 15.0. The van der Waals surface area contributed by atoms with Gasteiger partial charge in [0.1, 0.15) is 6.04 Å². The molecule has 0 aliphatic heterocycles. The van der Waals surface area contributed by atoms with E-state index >= 15 is 0 Å². The van der Waals surface area contributed by atoms with Crippen LogP contribution in [0.1, 0.15) is 132 Å². The fraction of sp³-hybridized carbons (Fsp3) is 0.926. The number of nitrogens with one attached hydrogen (secondary N) is 1. The van der Waals surface area contributed by atoms with E-state index in [1.165, 1.54) is 70.6 Å². The van der Waals surface area contributed by atoms with Crippen molar-refractivity contribution in [3.8, 4) is 0 Å². The van der Waals surface area contributed by atoms with E-state index in [0.29, 0.717) is 13.2 Å². The SMILES string of the molecule is CCCCCCCCCCCCCCCOC(=O)C(NC(=O)OCC(C)(C)C)C(C)(C)C. The largest absolute Gasteiger partial charge is 0.464 e. The zero-order chi connectivity index (χ0) is 24.5. The van der Waals surface area contributed by atoms with E-state index < -0.39 is 17.6 Å². The van der Waals surface area contributed by atoms with Gasteiger partial charge in [-0.25, -0.2) is 9.59 Å². The van der Waals surface area contributed by atoms with Crippen molar-refractivity contribution in [1.82, 2.24) is 5.32 Å². The first-order valence-corrected chi connectivity index (χ1v) is 13.1. The van der Waals surface area contributed by atoms with E-state index in [9.17, 15) is 9.59 Å². The summed E-state index contributed by atoms with van der Waals surface area (Å²) in [6.07, 6.45) is 16.1. The summed E-state index contributed by atoms with van der Waals surface area (Å²) in [6, 6.07) is -0.725. The van der Waals surface area contributed by atoms with Gasteiger partial charge in [-0.1, -0.05) is 126 Å². The summed E-state index contributed by atoms with van der Waals surface area (Å²) < 4.78 is 10.7. The second-order valence-electron chi connectivity index (χ2n) is 11.5. The molecule has 0 spiro atoms. The Hall–Kier alpha value is -1.26. The van der Waals surface area contributed by atoms with Crippen molar-refractivity contribution >= 4 is 12.1 Å². The number of esters is 1. The molecule has 5 nitrogen and oxygen atoms in total. The van der Waals surface area contributed by atoms with Crippen molar-refractivity contribution < 1.29 is 19.1 Å². The van der Waals surface area contributed by atoms with Gasteiger partial charge in [-0.3, -0.25) is 0 Å². The van der Waals surface area contributed by atoms with Crippen LogP contribution in [0.15, 0.2) is 0 Å². The van der Waals surface area contributed by atoms with Crippen LogP contribution < -0.4 is 5.32 Å². The highest BCUT2D eigenvalue weighted by Crippen LogP contribution is 2.21. The molecular weight excluding hydrogens is 402 g/mol. The molecule has 0 saturated carbocycles. The molecule has 1 amide bonds. The highest BCUT2D eigenvalue weighted by atomic mass is 16.6. The summed E-state index contributed by atoms with van der Waals surface area (Å²) >= 11 is 0. The fourth-order valence-electron chi connectivity index (χ4n) is 3.45. The molecule has 0 rings (SSSR count). The molecule has 0 aromatic rings. The van der Waals surface area contributed by atoms with Gasteiger partial charge in [0.25, 0.3) is 0 Å². The molecule has 1 N–H and O–H groups in total. The average molecular weight is 456 g/mol. The number of ether oxygens (including phenoxy) is 2. The highest BCUT2D eigenvalue weighted by Gasteiger charge is 2.34. The summed E-state index contributed by atoms with van der Waals surface area (Å²) in [7, 11) is 0. The number of rotatable bonds is 17. The lowest BCUT2D eigenvalue weighted by atomic mass is 9.87. The molecule has 0 aromatic carbocycles. The molecule has 1 atom stereocenters. The maximum absolute atomic E-state index is 12.6. The first-order valence-electron chi connectivity index (χ1n) is 13.1. The molecule has 190 valence electrons. The maximum atomic E-state index is 12.6. The Bertz CT molecular complexity index is 491. The molecule has 0 heterocycles. The second-order valence-corrected chi connectivity index (χ2v) is 11.5. The molecule has 0 fully saturated rings. The van der Waals surface area contributed by atoms with Crippen molar-refractivity contribution in [3.63, 3.8) is 0 Å². The van der Waals surface area contributed by atoms with Gasteiger partial charge < -0.3 is 14.8 Å². The minimum atomic E-state index is -0.725. The number of hydrogen-bond donors (Lipinski definition) is 1. The van der Waals surface area contributed by atoms with Crippen molar-refractivity contribution in [2.24, 2.45) is 10.8 Å². The Morgan fingerprint density at radius 3 is 1.53 bits per heavy atom. The zero-order valence-electron chi connectivity index (χ0n) is 22.3. The third-order valence-electron chi connectivity index (χ3n) is 5.49. The minimum Gasteiger partial charge on any atom is -0.464 e. The lowest BCUT2D eigenvalue weighted by Gasteiger charge is -2.29. The van der Waals surface area contributed by atoms with Crippen molar-refractivity contribution in [1.29, 1.82) is 0 Å². The summed E-state index contributed by atoms with van der Waals surface area (Å²) in [5.74, 6) is -0.385. The topological polar surface area (TPSA) is 64.6 Å². The molecule has 32 heavy (non-hydrogen) atoms. The Morgan fingerprint density at radius 2 is 1.12 bits per heavy atom. The number of carbonyl (C=O) groups excluding carboxylic acids is 2. The van der Waals surface area contributed by atoms with E-state index in [1.807, 2.05) is 41.5 Å². The second kappa shape index (κ2) is 17.2. The molecule has 0 aliphatic carbocycles. The Morgan fingerprint density at radius 1 is 0.688 bits per heavy atom. The van der Waals surface area contributed by atoms with Crippen LogP contribution in [0.2, 0.25) is 0 Å². The smallest absolute Gasteiger partial charge is 0.407 e. The Labute approximate surface area is 198 Å². The number of alkyl carbamates (subject to hydrolysis) is 1. The minimum absolute atomic E-state index is 0.122. The predicted octanol–water partition coefficient (Wildman–Crippen LogP) is 7.81. The van der Waals surface area contributed by atoms with Gasteiger partial charge in [0, 0.05) is 0 Å². The van der Waals surface area contributed by atoms with Gasteiger partial charge in [0.05, 0.1) is 13.2 Å². The number of carbonyl (C=O) groups is 2. The standard InChI is InChI=1S/C27H53NO4/c1-8-9-10-11-12-13-14-15-16-17-18-19-20-21-31-24(29)23(27(5,6)7)28-25(30)32-22-26(2,3)4/h23H,8-22H2,1-7H3,(H,28,30). The van der Waals surface area contributed by atoms with Crippen LogP contribution in [0.4, 0.5) is 4.79 Å². The maximum Gasteiger partial charge on any atom is 0.407 e. The third-order valence-corrected chi connectivity index (χ3v) is 5.49. The lowest BCUT2D eigenvalue weighted by Crippen LogP contribution is -2.50. The van der Waals surface area contributed by atoms with E-state index in [-0.39, 0.29) is 11.4 Å². The molecule has 0 aromatic heterocycles. The lowest BCUT2D eigenvalue weighted by molar-refractivity contribution is -0.149.